The minimum atomic E-state index is -0.816. The van der Waals surface area contributed by atoms with Gasteiger partial charge in [-0.05, 0) is 29.3 Å². The maximum atomic E-state index is 12.9. The van der Waals surface area contributed by atoms with Crippen molar-refractivity contribution < 1.29 is 9.50 Å². The van der Waals surface area contributed by atoms with Gasteiger partial charge in [0.15, 0.2) is 0 Å². The molecule has 4 heteroatoms. The molecule has 0 aliphatic carbocycles. The van der Waals surface area contributed by atoms with Crippen LogP contribution in [0.5, 0.6) is 0 Å². The zero-order valence-electron chi connectivity index (χ0n) is 10.3. The van der Waals surface area contributed by atoms with Crippen molar-refractivity contribution in [3.63, 3.8) is 0 Å². The van der Waals surface area contributed by atoms with Crippen molar-refractivity contribution in [2.24, 2.45) is 5.73 Å². The number of aliphatic hydroxyl groups is 1. The molecule has 0 saturated carbocycles. The minimum absolute atomic E-state index is 0.248. The van der Waals surface area contributed by atoms with Crippen LogP contribution < -0.4 is 5.73 Å². The van der Waals surface area contributed by atoms with Crippen LogP contribution in [0.1, 0.15) is 23.1 Å². The van der Waals surface area contributed by atoms with Gasteiger partial charge in [-0.15, -0.1) is 0 Å². The van der Waals surface area contributed by atoms with E-state index in [0.29, 0.717) is 10.6 Å². The molecule has 0 heterocycles. The fourth-order valence-electron chi connectivity index (χ4n) is 2.09. The molecule has 0 aliphatic heterocycles. The Hall–Kier alpha value is -1.42. The van der Waals surface area contributed by atoms with Crippen LogP contribution in [0.25, 0.3) is 0 Å². The normalized spacial score (nSPS) is 14.1. The summed E-state index contributed by atoms with van der Waals surface area (Å²) in [4.78, 5) is 0. The quantitative estimate of drug-likeness (QED) is 0.902. The molecule has 0 aliphatic rings. The van der Waals surface area contributed by atoms with Gasteiger partial charge in [-0.2, -0.15) is 0 Å². The lowest BCUT2D eigenvalue weighted by atomic mass is 9.89. The van der Waals surface area contributed by atoms with E-state index in [-0.39, 0.29) is 18.3 Å². The maximum Gasteiger partial charge on any atom is 0.123 e. The molecule has 2 atom stereocenters. The lowest BCUT2D eigenvalue weighted by Gasteiger charge is -2.23. The fraction of sp³-hybridized carbons (Fsp3) is 0.200. The van der Waals surface area contributed by atoms with E-state index in [1.165, 1.54) is 12.1 Å². The van der Waals surface area contributed by atoms with E-state index in [1.807, 2.05) is 6.07 Å². The molecule has 100 valence electrons. The molecule has 0 amide bonds. The number of rotatable bonds is 4. The molecular weight excluding hydrogens is 265 g/mol. The zero-order valence-corrected chi connectivity index (χ0v) is 11.0. The summed E-state index contributed by atoms with van der Waals surface area (Å²) in [6.45, 7) is 0.248. The van der Waals surface area contributed by atoms with Crippen LogP contribution in [-0.4, -0.2) is 11.7 Å². The van der Waals surface area contributed by atoms with Crippen molar-refractivity contribution in [3.8, 4) is 0 Å². The van der Waals surface area contributed by atoms with Crippen molar-refractivity contribution in [3.05, 3.63) is 70.5 Å². The van der Waals surface area contributed by atoms with E-state index in [4.69, 9.17) is 17.3 Å². The summed E-state index contributed by atoms with van der Waals surface area (Å²) < 4.78 is 12.9. The van der Waals surface area contributed by atoms with Crippen molar-refractivity contribution in [1.82, 2.24) is 0 Å². The van der Waals surface area contributed by atoms with E-state index in [2.05, 4.69) is 0 Å². The summed E-state index contributed by atoms with van der Waals surface area (Å²) in [5, 5.41) is 10.9. The molecule has 2 nitrogen and oxygen atoms in total. The van der Waals surface area contributed by atoms with Gasteiger partial charge in [-0.3, -0.25) is 0 Å². The Labute approximate surface area is 116 Å². The van der Waals surface area contributed by atoms with Gasteiger partial charge >= 0.3 is 0 Å². The molecule has 2 aromatic rings. The Bertz CT molecular complexity index is 544. The SMILES string of the molecule is NCC(c1ccc(F)cc1)C(O)c1ccccc1Cl. The summed E-state index contributed by atoms with van der Waals surface area (Å²) in [6.07, 6.45) is -0.816. The van der Waals surface area contributed by atoms with Crippen molar-refractivity contribution in [2.75, 3.05) is 6.54 Å². The fourth-order valence-corrected chi connectivity index (χ4v) is 2.34. The second-order valence-electron chi connectivity index (χ2n) is 4.36. The van der Waals surface area contributed by atoms with Gasteiger partial charge < -0.3 is 10.8 Å². The molecular formula is C15H15ClFNO. The van der Waals surface area contributed by atoms with E-state index in [9.17, 15) is 9.50 Å². The summed E-state index contributed by atoms with van der Waals surface area (Å²) >= 11 is 6.07. The van der Waals surface area contributed by atoms with Crippen LogP contribution in [0.15, 0.2) is 48.5 Å². The molecule has 0 saturated heterocycles. The highest BCUT2D eigenvalue weighted by Crippen LogP contribution is 2.33. The van der Waals surface area contributed by atoms with Crippen LogP contribution >= 0.6 is 11.6 Å². The lowest BCUT2D eigenvalue weighted by Crippen LogP contribution is -2.20. The third-order valence-electron chi connectivity index (χ3n) is 3.16. The monoisotopic (exact) mass is 279 g/mol. The summed E-state index contributed by atoms with van der Waals surface area (Å²) in [5.41, 5.74) is 7.15. The first-order valence-corrected chi connectivity index (χ1v) is 6.39. The van der Waals surface area contributed by atoms with Crippen molar-refractivity contribution >= 4 is 11.6 Å². The van der Waals surface area contributed by atoms with Gasteiger partial charge in [0.25, 0.3) is 0 Å². The highest BCUT2D eigenvalue weighted by molar-refractivity contribution is 6.31. The van der Waals surface area contributed by atoms with Crippen LogP contribution in [0.2, 0.25) is 5.02 Å². The molecule has 2 aromatic carbocycles. The van der Waals surface area contributed by atoms with Gasteiger partial charge in [-0.25, -0.2) is 4.39 Å². The predicted molar refractivity (Wildman–Crippen MR) is 74.6 cm³/mol. The highest BCUT2D eigenvalue weighted by atomic mass is 35.5. The average molecular weight is 280 g/mol. The first-order chi connectivity index (χ1) is 9.13. The second-order valence-corrected chi connectivity index (χ2v) is 4.77. The molecule has 0 radical (unpaired) electrons. The van der Waals surface area contributed by atoms with Crippen LogP contribution in [0.4, 0.5) is 4.39 Å². The topological polar surface area (TPSA) is 46.2 Å². The predicted octanol–water partition coefficient (Wildman–Crippen LogP) is 3.26. The Balaban J connectivity index is 2.32. The number of hydrogen-bond donors (Lipinski definition) is 2. The first kappa shape index (κ1) is 14.0. The number of nitrogens with two attached hydrogens (primary N) is 1. The summed E-state index contributed by atoms with van der Waals surface area (Å²) in [6, 6.07) is 13.1. The molecule has 0 aromatic heterocycles. The molecule has 3 N–H and O–H groups in total. The maximum absolute atomic E-state index is 12.9. The number of hydrogen-bond acceptors (Lipinski definition) is 2. The molecule has 2 rings (SSSR count). The van der Waals surface area contributed by atoms with Gasteiger partial charge in [0.05, 0.1) is 6.10 Å². The molecule has 0 bridgehead atoms. The second kappa shape index (κ2) is 6.15. The van der Waals surface area contributed by atoms with Crippen molar-refractivity contribution in [2.45, 2.75) is 12.0 Å². The molecule has 0 fully saturated rings. The van der Waals surface area contributed by atoms with Crippen LogP contribution in [0.3, 0.4) is 0 Å². The Kier molecular flexibility index (Phi) is 4.53. The smallest absolute Gasteiger partial charge is 0.123 e. The van der Waals surface area contributed by atoms with Gasteiger partial charge in [0, 0.05) is 17.5 Å². The highest BCUT2D eigenvalue weighted by Gasteiger charge is 2.23. The Morgan fingerprint density at radius 3 is 2.32 bits per heavy atom. The van der Waals surface area contributed by atoms with Gasteiger partial charge in [0.2, 0.25) is 0 Å². The Morgan fingerprint density at radius 2 is 1.74 bits per heavy atom. The standard InChI is InChI=1S/C15H15ClFNO/c16-14-4-2-1-3-12(14)15(19)13(9-18)10-5-7-11(17)8-6-10/h1-8,13,15,19H,9,18H2. The minimum Gasteiger partial charge on any atom is -0.388 e. The molecule has 19 heavy (non-hydrogen) atoms. The number of aliphatic hydroxyl groups excluding tert-OH is 1. The average Bonchev–Trinajstić information content (AvgIpc) is 2.42. The Morgan fingerprint density at radius 1 is 1.11 bits per heavy atom. The summed E-state index contributed by atoms with van der Waals surface area (Å²) in [7, 11) is 0. The van der Waals surface area contributed by atoms with Crippen LogP contribution in [-0.2, 0) is 0 Å². The lowest BCUT2D eigenvalue weighted by molar-refractivity contribution is 0.147. The first-order valence-electron chi connectivity index (χ1n) is 6.01. The third kappa shape index (κ3) is 3.13. The number of benzene rings is 2. The van der Waals surface area contributed by atoms with Gasteiger partial charge in [0.1, 0.15) is 5.82 Å². The van der Waals surface area contributed by atoms with Crippen molar-refractivity contribution in [1.29, 1.82) is 0 Å². The van der Waals surface area contributed by atoms with E-state index in [1.54, 1.807) is 30.3 Å². The summed E-state index contributed by atoms with van der Waals surface area (Å²) in [5.74, 6) is -0.632. The van der Waals surface area contributed by atoms with E-state index < -0.39 is 6.10 Å². The van der Waals surface area contributed by atoms with E-state index in [0.717, 1.165) is 5.56 Å². The van der Waals surface area contributed by atoms with Gasteiger partial charge in [-0.1, -0.05) is 41.9 Å². The van der Waals surface area contributed by atoms with E-state index >= 15 is 0 Å². The zero-order chi connectivity index (χ0) is 13.8. The van der Waals surface area contributed by atoms with Crippen LogP contribution in [0, 0.1) is 5.82 Å². The third-order valence-corrected chi connectivity index (χ3v) is 3.50. The molecule has 2 unspecified atom stereocenters. The molecule has 0 spiro atoms. The number of halogens is 2. The largest absolute Gasteiger partial charge is 0.388 e.